The molecule has 0 saturated carbocycles. The lowest BCUT2D eigenvalue weighted by atomic mass is 10.1. The Morgan fingerprint density at radius 1 is 1.19 bits per heavy atom. The fourth-order valence-electron chi connectivity index (χ4n) is 3.51. The summed E-state index contributed by atoms with van der Waals surface area (Å²) in [4.78, 5) is 15.0. The number of ether oxygens (including phenoxy) is 1. The molecule has 1 amide bonds. The average molecular weight is 359 g/mol. The van der Waals surface area contributed by atoms with Crippen molar-refractivity contribution in [3.8, 4) is 5.75 Å². The first-order chi connectivity index (χ1) is 12.6. The Kier molecular flexibility index (Phi) is 6.30. The normalized spacial score (nSPS) is 19.9. The number of methoxy groups -OCH3 is 1. The molecule has 1 aromatic carbocycles. The van der Waals surface area contributed by atoms with Crippen LogP contribution in [0.25, 0.3) is 0 Å². The highest BCUT2D eigenvalue weighted by atomic mass is 16.5. The molecule has 1 fully saturated rings. The van der Waals surface area contributed by atoms with Crippen LogP contribution < -0.4 is 19.9 Å². The molecule has 1 aliphatic rings. The topological polar surface area (TPSA) is 60.4 Å². The molecule has 3 N–H and O–H groups in total. The minimum Gasteiger partial charge on any atom is -0.496 e. The number of quaternary nitrogens is 2. The van der Waals surface area contributed by atoms with Gasteiger partial charge in [0.1, 0.15) is 44.2 Å². The van der Waals surface area contributed by atoms with E-state index in [9.17, 15) is 4.79 Å². The lowest BCUT2D eigenvalue weighted by Crippen LogP contribution is -3.28. The van der Waals surface area contributed by atoms with Gasteiger partial charge in [0.15, 0.2) is 6.54 Å². The highest BCUT2D eigenvalue weighted by Gasteiger charge is 2.25. The summed E-state index contributed by atoms with van der Waals surface area (Å²) in [5, 5.41) is 2.93. The third-order valence-electron chi connectivity index (χ3n) is 4.99. The van der Waals surface area contributed by atoms with Gasteiger partial charge in [-0.05, 0) is 31.2 Å². The summed E-state index contributed by atoms with van der Waals surface area (Å²) in [6.45, 7) is 8.24. The molecular formula is C20H29N3O3+2. The van der Waals surface area contributed by atoms with E-state index < -0.39 is 0 Å². The number of amides is 1. The molecule has 0 spiro atoms. The number of aryl methyl sites for hydroxylation is 1. The van der Waals surface area contributed by atoms with E-state index >= 15 is 0 Å². The van der Waals surface area contributed by atoms with Gasteiger partial charge in [0.2, 0.25) is 0 Å². The van der Waals surface area contributed by atoms with E-state index in [0.717, 1.165) is 44.2 Å². The van der Waals surface area contributed by atoms with E-state index in [2.05, 4.69) is 30.4 Å². The zero-order valence-electron chi connectivity index (χ0n) is 15.6. The Morgan fingerprint density at radius 3 is 2.65 bits per heavy atom. The summed E-state index contributed by atoms with van der Waals surface area (Å²) in [5.74, 6) is 1.84. The third kappa shape index (κ3) is 5.09. The van der Waals surface area contributed by atoms with Crippen molar-refractivity contribution in [1.29, 1.82) is 0 Å². The fourth-order valence-corrected chi connectivity index (χ4v) is 3.51. The fraction of sp³-hybridized carbons (Fsp3) is 0.450. The van der Waals surface area contributed by atoms with Gasteiger partial charge in [-0.2, -0.15) is 0 Å². The van der Waals surface area contributed by atoms with Gasteiger partial charge in [-0.3, -0.25) is 4.79 Å². The van der Waals surface area contributed by atoms with Crippen LogP contribution in [0, 0.1) is 6.92 Å². The molecule has 0 unspecified atom stereocenters. The SMILES string of the molecule is COc1ccc(C)cc1C[NH+]1CC[NH+](CC(=O)NCc2ccco2)CC1. The van der Waals surface area contributed by atoms with Crippen molar-refractivity contribution in [1.82, 2.24) is 5.32 Å². The molecule has 0 bridgehead atoms. The third-order valence-corrected chi connectivity index (χ3v) is 4.99. The minimum absolute atomic E-state index is 0.0835. The quantitative estimate of drug-likeness (QED) is 0.607. The first-order valence-electron chi connectivity index (χ1n) is 9.24. The highest BCUT2D eigenvalue weighted by Crippen LogP contribution is 2.18. The number of rotatable bonds is 7. The number of piperazine rings is 1. The number of hydrogen-bond donors (Lipinski definition) is 3. The minimum atomic E-state index is 0.0835. The van der Waals surface area contributed by atoms with Gasteiger partial charge < -0.3 is 24.3 Å². The summed E-state index contributed by atoms with van der Waals surface area (Å²) >= 11 is 0. The van der Waals surface area contributed by atoms with E-state index in [1.807, 2.05) is 12.1 Å². The molecule has 3 rings (SSSR count). The first kappa shape index (κ1) is 18.5. The van der Waals surface area contributed by atoms with Crippen LogP contribution in [0.15, 0.2) is 41.0 Å². The van der Waals surface area contributed by atoms with Crippen LogP contribution >= 0.6 is 0 Å². The molecule has 0 radical (unpaired) electrons. The van der Waals surface area contributed by atoms with Crippen molar-refractivity contribution in [2.45, 2.75) is 20.0 Å². The van der Waals surface area contributed by atoms with Crippen molar-refractivity contribution in [2.24, 2.45) is 0 Å². The van der Waals surface area contributed by atoms with Gasteiger partial charge >= 0.3 is 0 Å². The van der Waals surface area contributed by atoms with E-state index in [4.69, 9.17) is 9.15 Å². The summed E-state index contributed by atoms with van der Waals surface area (Å²) in [6.07, 6.45) is 1.62. The Hall–Kier alpha value is -2.31. The second-order valence-corrected chi connectivity index (χ2v) is 7.02. The van der Waals surface area contributed by atoms with Gasteiger partial charge in [0, 0.05) is 5.56 Å². The Labute approximate surface area is 154 Å². The molecule has 26 heavy (non-hydrogen) atoms. The van der Waals surface area contributed by atoms with Gasteiger partial charge in [-0.25, -0.2) is 0 Å². The van der Waals surface area contributed by atoms with Crippen LogP contribution in [0.2, 0.25) is 0 Å². The van der Waals surface area contributed by atoms with E-state index in [0.29, 0.717) is 13.1 Å². The maximum Gasteiger partial charge on any atom is 0.275 e. The van der Waals surface area contributed by atoms with Crippen LogP contribution in [0.5, 0.6) is 5.75 Å². The molecule has 1 saturated heterocycles. The lowest BCUT2D eigenvalue weighted by molar-refractivity contribution is -1.02. The highest BCUT2D eigenvalue weighted by molar-refractivity contribution is 5.76. The van der Waals surface area contributed by atoms with Gasteiger partial charge in [-0.1, -0.05) is 11.6 Å². The molecule has 2 heterocycles. The zero-order chi connectivity index (χ0) is 18.4. The van der Waals surface area contributed by atoms with E-state index in [1.165, 1.54) is 16.0 Å². The molecule has 140 valence electrons. The Balaban J connectivity index is 1.42. The predicted molar refractivity (Wildman–Crippen MR) is 98.3 cm³/mol. The number of hydrogen-bond acceptors (Lipinski definition) is 3. The predicted octanol–water partition coefficient (Wildman–Crippen LogP) is -0.804. The molecule has 2 aromatic rings. The van der Waals surface area contributed by atoms with Crippen molar-refractivity contribution < 1.29 is 23.7 Å². The monoisotopic (exact) mass is 359 g/mol. The summed E-state index contributed by atoms with van der Waals surface area (Å²) in [6, 6.07) is 10.1. The van der Waals surface area contributed by atoms with Crippen LogP contribution in [0.4, 0.5) is 0 Å². The number of nitrogens with one attached hydrogen (secondary N) is 3. The molecule has 0 atom stereocenters. The second kappa shape index (κ2) is 8.87. The summed E-state index contributed by atoms with van der Waals surface area (Å²) in [7, 11) is 1.73. The van der Waals surface area contributed by atoms with Crippen molar-refractivity contribution in [2.75, 3.05) is 39.8 Å². The molecule has 6 nitrogen and oxygen atoms in total. The Bertz CT molecular complexity index is 707. The number of benzene rings is 1. The first-order valence-corrected chi connectivity index (χ1v) is 9.24. The molecular weight excluding hydrogens is 330 g/mol. The van der Waals surface area contributed by atoms with E-state index in [1.54, 1.807) is 18.3 Å². The molecule has 1 aromatic heterocycles. The van der Waals surface area contributed by atoms with Crippen LogP contribution in [-0.2, 0) is 17.9 Å². The van der Waals surface area contributed by atoms with E-state index in [-0.39, 0.29) is 5.91 Å². The van der Waals surface area contributed by atoms with Gasteiger partial charge in [-0.15, -0.1) is 0 Å². The maximum atomic E-state index is 12.1. The Morgan fingerprint density at radius 2 is 1.96 bits per heavy atom. The van der Waals surface area contributed by atoms with Gasteiger partial charge in [0.25, 0.3) is 5.91 Å². The zero-order valence-corrected chi connectivity index (χ0v) is 15.6. The summed E-state index contributed by atoms with van der Waals surface area (Å²) < 4.78 is 10.7. The van der Waals surface area contributed by atoms with Gasteiger partial charge in [0.05, 0.1) is 19.9 Å². The maximum absolute atomic E-state index is 12.1. The van der Waals surface area contributed by atoms with Crippen molar-refractivity contribution >= 4 is 5.91 Å². The van der Waals surface area contributed by atoms with Crippen LogP contribution in [-0.4, -0.2) is 45.7 Å². The van der Waals surface area contributed by atoms with Crippen molar-refractivity contribution in [3.05, 3.63) is 53.5 Å². The summed E-state index contributed by atoms with van der Waals surface area (Å²) in [5.41, 5.74) is 2.53. The number of carbonyl (C=O) groups is 1. The lowest BCUT2D eigenvalue weighted by Gasteiger charge is -2.29. The largest absolute Gasteiger partial charge is 0.496 e. The average Bonchev–Trinajstić information content (AvgIpc) is 3.15. The van der Waals surface area contributed by atoms with Crippen LogP contribution in [0.1, 0.15) is 16.9 Å². The second-order valence-electron chi connectivity index (χ2n) is 7.02. The number of furan rings is 1. The smallest absolute Gasteiger partial charge is 0.275 e. The molecule has 0 aliphatic carbocycles. The molecule has 1 aliphatic heterocycles. The number of carbonyl (C=O) groups excluding carboxylic acids is 1. The van der Waals surface area contributed by atoms with Crippen LogP contribution in [0.3, 0.4) is 0 Å². The molecule has 6 heteroatoms. The van der Waals surface area contributed by atoms with Crippen molar-refractivity contribution in [3.63, 3.8) is 0 Å². The standard InChI is InChI=1S/C20H27N3O3/c1-16-5-6-19(25-2)17(12-16)14-22-7-9-23(10-8-22)15-20(24)21-13-18-4-3-11-26-18/h3-6,11-12H,7-10,13-15H2,1-2H3,(H,21,24)/p+2.